The summed E-state index contributed by atoms with van der Waals surface area (Å²) in [5.41, 5.74) is 0. The fraction of sp³-hybridized carbons (Fsp3) is 0.778. The molecule has 30 heavy (non-hydrogen) atoms. The Morgan fingerprint density at radius 1 is 0.767 bits per heavy atom. The van der Waals surface area contributed by atoms with Gasteiger partial charge in [-0.25, -0.2) is 0 Å². The lowest BCUT2D eigenvalue weighted by Gasteiger charge is -2.44. The van der Waals surface area contributed by atoms with E-state index in [1.807, 2.05) is 0 Å². The van der Waals surface area contributed by atoms with Crippen molar-refractivity contribution in [2.24, 2.45) is 0 Å². The lowest BCUT2D eigenvalue weighted by Crippen LogP contribution is -2.63. The van der Waals surface area contributed by atoms with Crippen molar-refractivity contribution in [2.45, 2.75) is 58.4 Å². The molecule has 0 spiro atoms. The van der Waals surface area contributed by atoms with Crippen molar-refractivity contribution in [2.75, 3.05) is 32.2 Å². The second-order valence-corrected chi connectivity index (χ2v) is 6.72. The van der Waals surface area contributed by atoms with Gasteiger partial charge in [-0.2, -0.15) is 12.6 Å². The van der Waals surface area contributed by atoms with Gasteiger partial charge < -0.3 is 33.2 Å². The SMILES string of the molecule is CC(=O)OC[C@H]1O[C@H](OCCOCCS)[C@@H](OC(C)=O)[C@@H](OC(C)=O)[C@@H]1OC(C)=O. The Kier molecular flexibility index (Phi) is 11.7. The summed E-state index contributed by atoms with van der Waals surface area (Å²) in [7, 11) is 0. The highest BCUT2D eigenvalue weighted by atomic mass is 32.1. The van der Waals surface area contributed by atoms with E-state index in [4.69, 9.17) is 33.2 Å². The molecule has 0 radical (unpaired) electrons. The normalized spacial score (nSPS) is 25.8. The van der Waals surface area contributed by atoms with Crippen LogP contribution in [0.3, 0.4) is 0 Å². The summed E-state index contributed by atoms with van der Waals surface area (Å²) >= 11 is 4.03. The summed E-state index contributed by atoms with van der Waals surface area (Å²) in [5.74, 6) is -2.17. The molecule has 0 amide bonds. The van der Waals surface area contributed by atoms with Crippen LogP contribution in [0.2, 0.25) is 0 Å². The van der Waals surface area contributed by atoms with Crippen molar-refractivity contribution in [1.82, 2.24) is 0 Å². The van der Waals surface area contributed by atoms with Gasteiger partial charge in [0.15, 0.2) is 24.6 Å². The molecule has 172 valence electrons. The summed E-state index contributed by atoms with van der Waals surface area (Å²) in [4.78, 5) is 46.2. The van der Waals surface area contributed by atoms with Gasteiger partial charge in [-0.1, -0.05) is 0 Å². The summed E-state index contributed by atoms with van der Waals surface area (Å²) in [6, 6.07) is 0. The largest absolute Gasteiger partial charge is 0.463 e. The zero-order valence-electron chi connectivity index (χ0n) is 17.4. The van der Waals surface area contributed by atoms with Gasteiger partial charge in [-0.3, -0.25) is 19.2 Å². The Morgan fingerprint density at radius 2 is 1.33 bits per heavy atom. The van der Waals surface area contributed by atoms with Gasteiger partial charge >= 0.3 is 23.9 Å². The Balaban J connectivity index is 3.13. The van der Waals surface area contributed by atoms with Gasteiger partial charge in [-0.15, -0.1) is 0 Å². The summed E-state index contributed by atoms with van der Waals surface area (Å²) < 4.78 is 37.5. The van der Waals surface area contributed by atoms with Crippen LogP contribution in [0.25, 0.3) is 0 Å². The lowest BCUT2D eigenvalue weighted by atomic mass is 9.98. The van der Waals surface area contributed by atoms with E-state index in [1.165, 1.54) is 6.92 Å². The van der Waals surface area contributed by atoms with Crippen molar-refractivity contribution in [3.63, 3.8) is 0 Å². The molecular weight excluding hydrogens is 424 g/mol. The predicted molar refractivity (Wildman–Crippen MR) is 103 cm³/mol. The Morgan fingerprint density at radius 3 is 1.87 bits per heavy atom. The lowest BCUT2D eigenvalue weighted by molar-refractivity contribution is -0.309. The van der Waals surface area contributed by atoms with Crippen LogP contribution in [-0.4, -0.2) is 86.8 Å². The second-order valence-electron chi connectivity index (χ2n) is 6.27. The second kappa shape index (κ2) is 13.4. The molecule has 12 heteroatoms. The highest BCUT2D eigenvalue weighted by molar-refractivity contribution is 7.80. The number of carbonyl (C=O) groups excluding carboxylic acids is 4. The monoisotopic (exact) mass is 452 g/mol. The van der Waals surface area contributed by atoms with Gasteiger partial charge in [0.1, 0.15) is 12.7 Å². The topological polar surface area (TPSA) is 133 Å². The van der Waals surface area contributed by atoms with Crippen molar-refractivity contribution < 1.29 is 52.3 Å². The number of thiol groups is 1. The van der Waals surface area contributed by atoms with Crippen LogP contribution in [0.15, 0.2) is 0 Å². The van der Waals surface area contributed by atoms with Gasteiger partial charge in [-0.05, 0) is 0 Å². The third kappa shape index (κ3) is 9.28. The highest BCUT2D eigenvalue weighted by Gasteiger charge is 2.52. The predicted octanol–water partition coefficient (Wildman–Crippen LogP) is 0.0325. The number of carbonyl (C=O) groups is 4. The molecule has 1 heterocycles. The molecule has 1 aliphatic heterocycles. The maximum atomic E-state index is 11.7. The number of hydrogen-bond acceptors (Lipinski definition) is 12. The third-order valence-corrected chi connectivity index (χ3v) is 3.88. The zero-order valence-corrected chi connectivity index (χ0v) is 18.3. The van der Waals surface area contributed by atoms with Gasteiger partial charge in [0.05, 0.1) is 19.8 Å². The smallest absolute Gasteiger partial charge is 0.303 e. The summed E-state index contributed by atoms with van der Waals surface area (Å²) in [6.45, 7) is 5.00. The first-order chi connectivity index (χ1) is 14.1. The molecule has 0 N–H and O–H groups in total. The van der Waals surface area contributed by atoms with E-state index in [9.17, 15) is 19.2 Å². The van der Waals surface area contributed by atoms with Crippen LogP contribution in [0.1, 0.15) is 27.7 Å². The van der Waals surface area contributed by atoms with E-state index in [2.05, 4.69) is 12.6 Å². The van der Waals surface area contributed by atoms with E-state index < -0.39 is 54.6 Å². The van der Waals surface area contributed by atoms with E-state index in [-0.39, 0.29) is 19.8 Å². The quantitative estimate of drug-likeness (QED) is 0.197. The van der Waals surface area contributed by atoms with Crippen LogP contribution in [0.4, 0.5) is 0 Å². The number of ether oxygens (including phenoxy) is 7. The van der Waals surface area contributed by atoms with Crippen LogP contribution in [0, 0.1) is 0 Å². The fourth-order valence-corrected chi connectivity index (χ4v) is 2.84. The van der Waals surface area contributed by atoms with Crippen LogP contribution < -0.4 is 0 Å². The standard InChI is InChI=1S/C18H28O11S/c1-10(19)25-9-14-15(26-11(2)20)16(27-12(3)21)17(28-13(4)22)18(29-14)24-6-5-23-7-8-30/h14-18,30H,5-9H2,1-4H3/t14-,15-,16+,17+,18+/m1/s1. The first kappa shape index (κ1) is 26.1. The molecule has 0 saturated carbocycles. The molecule has 0 unspecified atom stereocenters. The average molecular weight is 452 g/mol. The minimum Gasteiger partial charge on any atom is -0.463 e. The Labute approximate surface area is 180 Å². The zero-order chi connectivity index (χ0) is 22.7. The number of esters is 4. The first-order valence-electron chi connectivity index (χ1n) is 9.26. The molecule has 1 aliphatic rings. The average Bonchev–Trinajstić information content (AvgIpc) is 2.63. The minimum atomic E-state index is -1.26. The molecule has 0 bridgehead atoms. The highest BCUT2D eigenvalue weighted by Crippen LogP contribution is 2.29. The van der Waals surface area contributed by atoms with Crippen molar-refractivity contribution in [3.05, 3.63) is 0 Å². The molecule has 1 fully saturated rings. The Hall–Kier alpha value is -1.89. The Bertz CT molecular complexity index is 597. The molecule has 0 aromatic rings. The maximum Gasteiger partial charge on any atom is 0.303 e. The summed E-state index contributed by atoms with van der Waals surface area (Å²) in [6.07, 6.45) is -5.96. The van der Waals surface area contributed by atoms with Gasteiger partial charge in [0, 0.05) is 33.4 Å². The molecule has 1 saturated heterocycles. The molecule has 0 aliphatic carbocycles. The van der Waals surface area contributed by atoms with Crippen molar-refractivity contribution in [3.8, 4) is 0 Å². The molecule has 0 aromatic carbocycles. The van der Waals surface area contributed by atoms with E-state index >= 15 is 0 Å². The third-order valence-electron chi connectivity index (χ3n) is 3.69. The van der Waals surface area contributed by atoms with Crippen LogP contribution in [0.5, 0.6) is 0 Å². The minimum absolute atomic E-state index is 0.0571. The summed E-state index contributed by atoms with van der Waals surface area (Å²) in [5, 5.41) is 0. The van der Waals surface area contributed by atoms with Crippen molar-refractivity contribution >= 4 is 36.5 Å². The molecular formula is C18H28O11S. The molecule has 1 rings (SSSR count). The van der Waals surface area contributed by atoms with Gasteiger partial charge in [0.25, 0.3) is 0 Å². The molecule has 5 atom stereocenters. The molecule has 11 nitrogen and oxygen atoms in total. The van der Waals surface area contributed by atoms with Crippen LogP contribution in [-0.2, 0) is 52.3 Å². The van der Waals surface area contributed by atoms with Crippen LogP contribution >= 0.6 is 12.6 Å². The number of rotatable bonds is 11. The fourth-order valence-electron chi connectivity index (χ4n) is 2.71. The van der Waals surface area contributed by atoms with E-state index in [0.29, 0.717) is 12.4 Å². The van der Waals surface area contributed by atoms with E-state index in [0.717, 1.165) is 20.8 Å². The van der Waals surface area contributed by atoms with Crippen molar-refractivity contribution in [1.29, 1.82) is 0 Å². The van der Waals surface area contributed by atoms with E-state index in [1.54, 1.807) is 0 Å². The molecule has 0 aromatic heterocycles. The number of hydrogen-bond donors (Lipinski definition) is 1. The first-order valence-corrected chi connectivity index (χ1v) is 9.89. The maximum absolute atomic E-state index is 11.7. The van der Waals surface area contributed by atoms with Gasteiger partial charge in [0.2, 0.25) is 0 Å².